The van der Waals surface area contributed by atoms with Crippen LogP contribution in [0.1, 0.15) is 0 Å². The van der Waals surface area contributed by atoms with Crippen LogP contribution in [0.3, 0.4) is 0 Å². The van der Waals surface area contributed by atoms with Gasteiger partial charge in [-0.1, -0.05) is 0 Å². The molecule has 0 rings (SSSR count). The average Bonchev–Trinajstić information content (AvgIpc) is 2.47. The van der Waals surface area contributed by atoms with Gasteiger partial charge in [-0.2, -0.15) is 6.41 Å². The van der Waals surface area contributed by atoms with E-state index in [-0.39, 0.29) is 45.2 Å². The molecule has 0 aromatic heterocycles. The van der Waals surface area contributed by atoms with Crippen molar-refractivity contribution in [3.8, 4) is 0 Å². The first kappa shape index (κ1) is 23.2. The molecule has 21 heavy (non-hydrogen) atoms. The number of carbonyl (C=O) groups is 1. The van der Waals surface area contributed by atoms with E-state index in [1.165, 1.54) is 0 Å². The molecule has 0 heterocycles. The Balaban J connectivity index is 0. The van der Waals surface area contributed by atoms with E-state index >= 15 is 0 Å². The Morgan fingerprint density at radius 3 is 1.86 bits per heavy atom. The van der Waals surface area contributed by atoms with Crippen LogP contribution in [0.4, 0.5) is 0 Å². The summed E-state index contributed by atoms with van der Waals surface area (Å²) in [5, 5.41) is 4.82. The molecule has 0 saturated heterocycles. The predicted octanol–water partition coefficient (Wildman–Crippen LogP) is -1.55. The Labute approximate surface area is 150 Å². The zero-order chi connectivity index (χ0) is 14.9. The second-order valence-corrected chi connectivity index (χ2v) is 3.59. The van der Waals surface area contributed by atoms with E-state index in [4.69, 9.17) is 18.9 Å². The minimum atomic E-state index is -0.158. The molecule has 1 radical (unpaired) electrons. The fourth-order valence-corrected chi connectivity index (χ4v) is 1.07. The molecule has 0 spiro atoms. The number of hydrogen-bond acceptors (Lipinski definition) is 6. The van der Waals surface area contributed by atoms with E-state index in [0.717, 1.165) is 0 Å². The van der Waals surface area contributed by atoms with Crippen LogP contribution in [0.5, 0.6) is 0 Å². The van der Waals surface area contributed by atoms with Crippen molar-refractivity contribution in [1.29, 1.82) is 0 Å². The third-order valence-electron chi connectivity index (χ3n) is 2.07. The Hall–Kier alpha value is -0.116. The summed E-state index contributed by atoms with van der Waals surface area (Å²) in [5.74, 6) is -0.158. The van der Waals surface area contributed by atoms with Gasteiger partial charge in [-0.3, -0.25) is 4.79 Å². The molecule has 2 N–H and O–H groups in total. The Kier molecular flexibility index (Phi) is 21.9. The molecule has 0 aromatic carbocycles. The first-order valence-electron chi connectivity index (χ1n) is 6.42. The number of rotatable bonds is 15. The standard InChI is InChI=1S/C12H23N2O6.Y/c1-13-12(16)10-20-9-8-19-7-6-18-5-4-17-3-2-14-11-15;/h2-10H2,1H3,(H,13,16)(H,14,15);/q-1;. The van der Waals surface area contributed by atoms with Crippen molar-refractivity contribution in [3.63, 3.8) is 0 Å². The molecule has 0 aliphatic rings. The largest absolute Gasteiger partial charge is 0.528 e. The van der Waals surface area contributed by atoms with Gasteiger partial charge in [0.2, 0.25) is 5.91 Å². The SMILES string of the molecule is CNC(=O)COCCOCCOCCOCCN[C-]=O.[Y]. The van der Waals surface area contributed by atoms with Crippen LogP contribution in [0.2, 0.25) is 0 Å². The number of amides is 2. The van der Waals surface area contributed by atoms with Crippen LogP contribution >= 0.6 is 0 Å². The Morgan fingerprint density at radius 1 is 0.905 bits per heavy atom. The van der Waals surface area contributed by atoms with Gasteiger partial charge in [-0.15, -0.1) is 0 Å². The summed E-state index contributed by atoms with van der Waals surface area (Å²) >= 11 is 0. The van der Waals surface area contributed by atoms with Gasteiger partial charge in [0.15, 0.2) is 0 Å². The fourth-order valence-electron chi connectivity index (χ4n) is 1.07. The number of hydrogen-bond donors (Lipinski definition) is 2. The fraction of sp³-hybridized carbons (Fsp3) is 0.833. The maximum atomic E-state index is 10.8. The molecule has 121 valence electrons. The molecule has 2 amide bonds. The van der Waals surface area contributed by atoms with Gasteiger partial charge in [-0.25, -0.2) is 0 Å². The molecule has 0 bridgehead atoms. The molecule has 0 atom stereocenters. The maximum absolute atomic E-state index is 10.8. The average molecular weight is 380 g/mol. The van der Waals surface area contributed by atoms with Crippen LogP contribution in [-0.2, 0) is 61.2 Å². The molecular weight excluding hydrogens is 357 g/mol. The van der Waals surface area contributed by atoms with E-state index in [9.17, 15) is 9.59 Å². The van der Waals surface area contributed by atoms with Crippen molar-refractivity contribution in [1.82, 2.24) is 10.6 Å². The third-order valence-corrected chi connectivity index (χ3v) is 2.07. The molecular formula is C12H23N2O6Y-. The zero-order valence-corrected chi connectivity index (χ0v) is 15.2. The molecule has 9 heteroatoms. The number of likely N-dealkylation sites (N-methyl/N-ethyl adjacent to an activating group) is 1. The van der Waals surface area contributed by atoms with Crippen LogP contribution < -0.4 is 10.6 Å². The van der Waals surface area contributed by atoms with Gasteiger partial charge >= 0.3 is 0 Å². The van der Waals surface area contributed by atoms with Crippen LogP contribution in [0.15, 0.2) is 0 Å². The van der Waals surface area contributed by atoms with E-state index in [1.54, 1.807) is 13.5 Å². The number of nitrogens with one attached hydrogen (secondary N) is 2. The molecule has 0 unspecified atom stereocenters. The molecule has 8 nitrogen and oxygen atoms in total. The summed E-state index contributed by atoms with van der Waals surface area (Å²) in [5.41, 5.74) is 0. The van der Waals surface area contributed by atoms with Gasteiger partial charge in [0, 0.05) is 46.3 Å². The summed E-state index contributed by atoms with van der Waals surface area (Å²) in [7, 11) is 1.56. The number of carbonyl (C=O) groups excluding carboxylic acids is 2. The smallest absolute Gasteiger partial charge is 0.245 e. The van der Waals surface area contributed by atoms with Crippen molar-refractivity contribution < 1.29 is 61.2 Å². The Bertz CT molecular complexity index is 246. The van der Waals surface area contributed by atoms with Crippen molar-refractivity contribution in [2.45, 2.75) is 0 Å². The topological polar surface area (TPSA) is 95.1 Å². The van der Waals surface area contributed by atoms with Gasteiger partial charge in [-0.05, 0) is 0 Å². The predicted molar refractivity (Wildman–Crippen MR) is 71.0 cm³/mol. The van der Waals surface area contributed by atoms with E-state index in [0.29, 0.717) is 52.8 Å². The Morgan fingerprint density at radius 2 is 1.38 bits per heavy atom. The minimum Gasteiger partial charge on any atom is -0.528 e. The summed E-state index contributed by atoms with van der Waals surface area (Å²) in [6.07, 6.45) is 1.56. The second-order valence-electron chi connectivity index (χ2n) is 3.59. The van der Waals surface area contributed by atoms with Crippen LogP contribution in [-0.4, -0.2) is 78.8 Å². The minimum absolute atomic E-state index is 0. The van der Waals surface area contributed by atoms with Crippen LogP contribution in [0.25, 0.3) is 0 Å². The zero-order valence-electron chi connectivity index (χ0n) is 12.4. The normalized spacial score (nSPS) is 9.76. The molecule has 0 aliphatic carbocycles. The van der Waals surface area contributed by atoms with Crippen molar-refractivity contribution >= 4 is 12.3 Å². The second kappa shape index (κ2) is 19.9. The van der Waals surface area contributed by atoms with Crippen LogP contribution in [0, 0.1) is 0 Å². The first-order valence-corrected chi connectivity index (χ1v) is 6.42. The van der Waals surface area contributed by atoms with Gasteiger partial charge in [0.25, 0.3) is 0 Å². The summed E-state index contributed by atoms with van der Waals surface area (Å²) in [6.45, 7) is 3.61. The van der Waals surface area contributed by atoms with E-state index in [2.05, 4.69) is 10.6 Å². The molecule has 0 saturated carbocycles. The van der Waals surface area contributed by atoms with Crippen molar-refractivity contribution in [2.75, 3.05) is 66.4 Å². The van der Waals surface area contributed by atoms with E-state index in [1.807, 2.05) is 0 Å². The summed E-state index contributed by atoms with van der Waals surface area (Å²) in [6, 6.07) is 0. The van der Waals surface area contributed by atoms with Gasteiger partial charge < -0.3 is 34.4 Å². The maximum Gasteiger partial charge on any atom is 0.245 e. The van der Waals surface area contributed by atoms with E-state index < -0.39 is 0 Å². The van der Waals surface area contributed by atoms with Crippen molar-refractivity contribution in [2.24, 2.45) is 0 Å². The van der Waals surface area contributed by atoms with Crippen molar-refractivity contribution in [3.05, 3.63) is 0 Å². The molecule has 0 fully saturated rings. The number of ether oxygens (including phenoxy) is 4. The summed E-state index contributed by atoms with van der Waals surface area (Å²) < 4.78 is 20.7. The monoisotopic (exact) mass is 380 g/mol. The summed E-state index contributed by atoms with van der Waals surface area (Å²) in [4.78, 5) is 20.6. The quantitative estimate of drug-likeness (QED) is 0.203. The van der Waals surface area contributed by atoms with Gasteiger partial charge in [0.05, 0.1) is 46.2 Å². The first-order chi connectivity index (χ1) is 9.81. The third kappa shape index (κ3) is 19.9. The molecule has 0 aromatic rings. The van der Waals surface area contributed by atoms with Gasteiger partial charge in [0.1, 0.15) is 6.61 Å². The molecule has 0 aliphatic heterocycles.